The van der Waals surface area contributed by atoms with E-state index in [0.29, 0.717) is 49.3 Å². The minimum Gasteiger partial charge on any atom is -0.370 e. The van der Waals surface area contributed by atoms with Gasteiger partial charge in [-0.3, -0.25) is 14.9 Å². The molecule has 0 aromatic heterocycles. The standard InChI is InChI=1S/C19H16ClF3N2O3/c1-10-6-13(25(27)28)9-14(20)18(10)24-4-2-11(3-5-24)19(26)17-15(22)7-12(21)8-16(17)23/h6-9,11H,2-5H2,1H3. The van der Waals surface area contributed by atoms with Crippen molar-refractivity contribution < 1.29 is 22.9 Å². The largest absolute Gasteiger partial charge is 0.370 e. The summed E-state index contributed by atoms with van der Waals surface area (Å²) in [6.07, 6.45) is 0.643. The van der Waals surface area contributed by atoms with Crippen LogP contribution >= 0.6 is 11.6 Å². The number of Topliss-reactive ketones (excluding diaryl/α,β-unsaturated/α-hetero) is 1. The topological polar surface area (TPSA) is 63.5 Å². The predicted octanol–water partition coefficient (Wildman–Crippen LogP) is 5.07. The van der Waals surface area contributed by atoms with Gasteiger partial charge >= 0.3 is 0 Å². The third-order valence-corrected chi connectivity index (χ3v) is 5.17. The molecular formula is C19H16ClF3N2O3. The smallest absolute Gasteiger partial charge is 0.271 e. The molecule has 1 aliphatic rings. The van der Waals surface area contributed by atoms with Gasteiger partial charge in [0.2, 0.25) is 0 Å². The number of anilines is 1. The molecule has 2 aromatic rings. The first kappa shape index (κ1) is 20.1. The van der Waals surface area contributed by atoms with E-state index in [0.717, 1.165) is 0 Å². The molecule has 0 amide bonds. The molecule has 1 aliphatic heterocycles. The predicted molar refractivity (Wildman–Crippen MR) is 98.4 cm³/mol. The molecule has 0 aliphatic carbocycles. The maximum absolute atomic E-state index is 13.9. The number of rotatable bonds is 4. The van der Waals surface area contributed by atoms with Gasteiger partial charge in [0.25, 0.3) is 5.69 Å². The van der Waals surface area contributed by atoms with Crippen molar-refractivity contribution in [3.8, 4) is 0 Å². The molecule has 0 bridgehead atoms. The molecule has 0 N–H and O–H groups in total. The van der Waals surface area contributed by atoms with Crippen molar-refractivity contribution in [3.63, 3.8) is 0 Å². The Morgan fingerprint density at radius 2 is 1.71 bits per heavy atom. The first-order valence-electron chi connectivity index (χ1n) is 8.57. The lowest BCUT2D eigenvalue weighted by molar-refractivity contribution is -0.384. The Morgan fingerprint density at radius 3 is 2.21 bits per heavy atom. The van der Waals surface area contributed by atoms with Crippen LogP contribution < -0.4 is 4.90 Å². The lowest BCUT2D eigenvalue weighted by atomic mass is 9.88. The summed E-state index contributed by atoms with van der Waals surface area (Å²) in [7, 11) is 0. The van der Waals surface area contributed by atoms with Crippen molar-refractivity contribution in [3.05, 3.63) is 68.0 Å². The van der Waals surface area contributed by atoms with Crippen LogP contribution in [0.3, 0.4) is 0 Å². The van der Waals surface area contributed by atoms with Crippen molar-refractivity contribution in [2.24, 2.45) is 5.92 Å². The molecule has 148 valence electrons. The summed E-state index contributed by atoms with van der Waals surface area (Å²) >= 11 is 6.22. The zero-order valence-electron chi connectivity index (χ0n) is 14.8. The minimum atomic E-state index is -1.21. The van der Waals surface area contributed by atoms with Crippen molar-refractivity contribution in [2.75, 3.05) is 18.0 Å². The number of aryl methyl sites for hydroxylation is 1. The van der Waals surface area contributed by atoms with Crippen LogP contribution in [0.25, 0.3) is 0 Å². The maximum atomic E-state index is 13.9. The first-order valence-corrected chi connectivity index (χ1v) is 8.95. The van der Waals surface area contributed by atoms with E-state index < -0.39 is 39.6 Å². The first-order chi connectivity index (χ1) is 13.2. The lowest BCUT2D eigenvalue weighted by Gasteiger charge is -2.34. The number of nitro benzene ring substituents is 1. The number of non-ortho nitro benzene ring substituents is 1. The van der Waals surface area contributed by atoms with Crippen LogP contribution in [0.5, 0.6) is 0 Å². The third-order valence-electron chi connectivity index (χ3n) is 4.88. The Balaban J connectivity index is 1.77. The number of ketones is 1. The Hall–Kier alpha value is -2.61. The molecule has 0 unspecified atom stereocenters. The van der Waals surface area contributed by atoms with E-state index in [-0.39, 0.29) is 10.7 Å². The van der Waals surface area contributed by atoms with E-state index in [1.54, 1.807) is 6.92 Å². The molecule has 5 nitrogen and oxygen atoms in total. The fraction of sp³-hybridized carbons (Fsp3) is 0.316. The second-order valence-corrected chi connectivity index (χ2v) is 7.13. The number of carbonyl (C=O) groups excluding carboxylic acids is 1. The van der Waals surface area contributed by atoms with Crippen molar-refractivity contribution in [2.45, 2.75) is 19.8 Å². The highest BCUT2D eigenvalue weighted by Crippen LogP contribution is 2.36. The summed E-state index contributed by atoms with van der Waals surface area (Å²) in [6, 6.07) is 3.67. The van der Waals surface area contributed by atoms with Gasteiger partial charge in [0.15, 0.2) is 5.78 Å². The number of nitro groups is 1. The van der Waals surface area contributed by atoms with Crippen LogP contribution in [-0.4, -0.2) is 23.8 Å². The SMILES string of the molecule is Cc1cc([N+](=O)[O-])cc(Cl)c1N1CCC(C(=O)c2c(F)cc(F)cc2F)CC1. The quantitative estimate of drug-likeness (QED) is 0.399. The van der Waals surface area contributed by atoms with Gasteiger partial charge in [-0.15, -0.1) is 0 Å². The highest BCUT2D eigenvalue weighted by molar-refractivity contribution is 6.33. The molecule has 0 spiro atoms. The second kappa shape index (κ2) is 7.79. The molecule has 0 atom stereocenters. The summed E-state index contributed by atoms with van der Waals surface area (Å²) in [5.74, 6) is -4.80. The van der Waals surface area contributed by atoms with Gasteiger partial charge in [0.1, 0.15) is 17.5 Å². The molecule has 2 aromatic carbocycles. The van der Waals surface area contributed by atoms with E-state index in [9.17, 15) is 28.1 Å². The summed E-state index contributed by atoms with van der Waals surface area (Å²) in [6.45, 7) is 2.48. The third kappa shape index (κ3) is 3.82. The minimum absolute atomic E-state index is 0.112. The van der Waals surface area contributed by atoms with Gasteiger partial charge in [0.05, 0.1) is 21.2 Å². The van der Waals surface area contributed by atoms with E-state index >= 15 is 0 Å². The van der Waals surface area contributed by atoms with E-state index in [1.165, 1.54) is 12.1 Å². The van der Waals surface area contributed by atoms with Crippen molar-refractivity contribution in [1.29, 1.82) is 0 Å². The molecule has 1 fully saturated rings. The molecule has 3 rings (SSSR count). The van der Waals surface area contributed by atoms with Gasteiger partial charge < -0.3 is 4.90 Å². The van der Waals surface area contributed by atoms with Crippen LogP contribution in [0.4, 0.5) is 24.5 Å². The van der Waals surface area contributed by atoms with Gasteiger partial charge in [0, 0.05) is 43.3 Å². The normalized spacial score (nSPS) is 15.0. The van der Waals surface area contributed by atoms with Gasteiger partial charge in [-0.25, -0.2) is 13.2 Å². The zero-order valence-corrected chi connectivity index (χ0v) is 15.6. The van der Waals surface area contributed by atoms with Crippen LogP contribution in [0, 0.1) is 40.4 Å². The number of halogens is 4. The number of piperidine rings is 1. The lowest BCUT2D eigenvalue weighted by Crippen LogP contribution is -2.37. The van der Waals surface area contributed by atoms with Gasteiger partial charge in [-0.1, -0.05) is 11.6 Å². The second-order valence-electron chi connectivity index (χ2n) is 6.72. The monoisotopic (exact) mass is 412 g/mol. The highest BCUT2D eigenvalue weighted by Gasteiger charge is 2.31. The number of hydrogen-bond acceptors (Lipinski definition) is 4. The van der Waals surface area contributed by atoms with Gasteiger partial charge in [-0.2, -0.15) is 0 Å². The van der Waals surface area contributed by atoms with E-state index in [1.807, 2.05) is 4.90 Å². The van der Waals surface area contributed by atoms with Gasteiger partial charge in [-0.05, 0) is 25.3 Å². The number of benzene rings is 2. The molecule has 1 saturated heterocycles. The molecule has 1 heterocycles. The average molecular weight is 413 g/mol. The number of nitrogens with zero attached hydrogens (tertiary/aromatic N) is 2. The Bertz CT molecular complexity index is 913. The summed E-state index contributed by atoms with van der Waals surface area (Å²) in [4.78, 5) is 24.8. The highest BCUT2D eigenvalue weighted by atomic mass is 35.5. The molecule has 0 radical (unpaired) electrons. The Morgan fingerprint density at radius 1 is 1.14 bits per heavy atom. The van der Waals surface area contributed by atoms with Crippen LogP contribution in [0.15, 0.2) is 24.3 Å². The molecule has 9 heteroatoms. The molecule has 0 saturated carbocycles. The Labute approximate surface area is 163 Å². The summed E-state index contributed by atoms with van der Waals surface area (Å²) < 4.78 is 40.8. The van der Waals surface area contributed by atoms with Crippen LogP contribution in [0.2, 0.25) is 5.02 Å². The Kier molecular flexibility index (Phi) is 5.60. The van der Waals surface area contributed by atoms with Crippen LogP contribution in [0.1, 0.15) is 28.8 Å². The zero-order chi connectivity index (χ0) is 20.6. The van der Waals surface area contributed by atoms with Crippen LogP contribution in [-0.2, 0) is 0 Å². The molecule has 28 heavy (non-hydrogen) atoms. The number of hydrogen-bond donors (Lipinski definition) is 0. The van der Waals surface area contributed by atoms with E-state index in [2.05, 4.69) is 0 Å². The summed E-state index contributed by atoms with van der Waals surface area (Å²) in [5.41, 5.74) is 0.430. The fourth-order valence-corrected chi connectivity index (χ4v) is 3.95. The maximum Gasteiger partial charge on any atom is 0.271 e. The summed E-state index contributed by atoms with van der Waals surface area (Å²) in [5, 5.41) is 11.2. The number of carbonyl (C=O) groups is 1. The van der Waals surface area contributed by atoms with E-state index in [4.69, 9.17) is 11.6 Å². The molecular weight excluding hydrogens is 397 g/mol. The average Bonchev–Trinajstić information content (AvgIpc) is 2.60. The van der Waals surface area contributed by atoms with Crippen molar-refractivity contribution in [1.82, 2.24) is 0 Å². The fourth-order valence-electron chi connectivity index (χ4n) is 3.57. The van der Waals surface area contributed by atoms with Crippen molar-refractivity contribution >= 4 is 28.8 Å².